The molecule has 0 radical (unpaired) electrons. The van der Waals surface area contributed by atoms with E-state index in [4.69, 9.17) is 4.42 Å². The van der Waals surface area contributed by atoms with Gasteiger partial charge in [-0.3, -0.25) is 14.5 Å². The molecule has 2 rings (SSSR count). The summed E-state index contributed by atoms with van der Waals surface area (Å²) in [6.07, 6.45) is 3.36. The van der Waals surface area contributed by atoms with Gasteiger partial charge in [0, 0.05) is 24.5 Å². The van der Waals surface area contributed by atoms with Crippen LogP contribution in [0.15, 0.2) is 22.8 Å². The Labute approximate surface area is 137 Å². The first-order valence-corrected chi connectivity index (χ1v) is 8.17. The van der Waals surface area contributed by atoms with E-state index in [1.165, 1.54) is 0 Å². The molecule has 0 saturated carbocycles. The van der Waals surface area contributed by atoms with Crippen molar-refractivity contribution in [2.75, 3.05) is 19.6 Å². The minimum atomic E-state index is -0.358. The van der Waals surface area contributed by atoms with Crippen LogP contribution in [0.5, 0.6) is 0 Å². The highest BCUT2D eigenvalue weighted by atomic mass is 16.3. The lowest BCUT2D eigenvalue weighted by Gasteiger charge is -2.33. The zero-order valence-electron chi connectivity index (χ0n) is 14.2. The molecule has 6 nitrogen and oxygen atoms in total. The maximum absolute atomic E-state index is 12.0. The smallest absolute Gasteiger partial charge is 0.234 e. The molecular formula is C17H27N3O3. The Kier molecular flexibility index (Phi) is 5.82. The molecule has 0 aliphatic carbocycles. The highest BCUT2D eigenvalue weighted by Crippen LogP contribution is 2.16. The molecule has 0 atom stereocenters. The molecule has 0 aromatic carbocycles. The first kappa shape index (κ1) is 17.5. The topological polar surface area (TPSA) is 74.6 Å². The summed E-state index contributed by atoms with van der Waals surface area (Å²) in [4.78, 5) is 26.0. The lowest BCUT2D eigenvalue weighted by molar-refractivity contribution is -0.130. The predicted molar refractivity (Wildman–Crippen MR) is 87.6 cm³/mol. The average molecular weight is 321 g/mol. The molecule has 6 heteroatoms. The Balaban J connectivity index is 1.66. The number of hydrogen-bond donors (Lipinski definition) is 2. The van der Waals surface area contributed by atoms with Gasteiger partial charge in [0.25, 0.3) is 0 Å². The van der Waals surface area contributed by atoms with Crippen LogP contribution in [-0.2, 0) is 16.1 Å². The Morgan fingerprint density at radius 1 is 1.30 bits per heavy atom. The summed E-state index contributed by atoms with van der Waals surface area (Å²) in [6, 6.07) is 3.85. The fourth-order valence-electron chi connectivity index (χ4n) is 2.50. The number of carbonyl (C=O) groups excluding carboxylic acids is 2. The Morgan fingerprint density at radius 2 is 2.00 bits per heavy atom. The van der Waals surface area contributed by atoms with Crippen LogP contribution in [0.2, 0.25) is 0 Å². The summed E-state index contributed by atoms with van der Waals surface area (Å²) in [7, 11) is 0. The Hall–Kier alpha value is -1.82. The molecule has 2 heterocycles. The summed E-state index contributed by atoms with van der Waals surface area (Å²) in [6.45, 7) is 8.21. The van der Waals surface area contributed by atoms with Crippen LogP contribution < -0.4 is 10.6 Å². The third kappa shape index (κ3) is 5.71. The fraction of sp³-hybridized carbons (Fsp3) is 0.647. The van der Waals surface area contributed by atoms with Gasteiger partial charge in [0.15, 0.2) is 0 Å². The number of nitrogens with one attached hydrogen (secondary N) is 2. The zero-order valence-corrected chi connectivity index (χ0v) is 14.2. The third-order valence-corrected chi connectivity index (χ3v) is 4.01. The van der Waals surface area contributed by atoms with E-state index >= 15 is 0 Å². The Bertz CT molecular complexity index is 512. The molecular weight excluding hydrogens is 294 g/mol. The van der Waals surface area contributed by atoms with Crippen LogP contribution >= 0.6 is 0 Å². The number of furan rings is 1. The van der Waals surface area contributed by atoms with Gasteiger partial charge >= 0.3 is 0 Å². The summed E-state index contributed by atoms with van der Waals surface area (Å²) in [5, 5.41) is 5.95. The fourth-order valence-corrected chi connectivity index (χ4v) is 2.50. The number of amides is 2. The molecule has 1 aliphatic heterocycles. The number of piperidine rings is 1. The molecule has 0 unspecified atom stereocenters. The van der Waals surface area contributed by atoms with Gasteiger partial charge in [-0.1, -0.05) is 20.8 Å². The maximum atomic E-state index is 12.0. The first-order chi connectivity index (χ1) is 10.8. The van der Waals surface area contributed by atoms with E-state index in [9.17, 15) is 9.59 Å². The van der Waals surface area contributed by atoms with Gasteiger partial charge in [-0.2, -0.15) is 0 Å². The van der Waals surface area contributed by atoms with E-state index < -0.39 is 0 Å². The van der Waals surface area contributed by atoms with Gasteiger partial charge in [0.1, 0.15) is 5.76 Å². The predicted octanol–water partition coefficient (Wildman–Crippen LogP) is 1.52. The van der Waals surface area contributed by atoms with Crippen molar-refractivity contribution in [3.8, 4) is 0 Å². The van der Waals surface area contributed by atoms with Gasteiger partial charge < -0.3 is 15.1 Å². The van der Waals surface area contributed by atoms with Gasteiger partial charge in [0.2, 0.25) is 11.8 Å². The second-order valence-electron chi connectivity index (χ2n) is 7.13. The molecule has 2 N–H and O–H groups in total. The van der Waals surface area contributed by atoms with E-state index in [0.717, 1.165) is 31.7 Å². The van der Waals surface area contributed by atoms with Crippen molar-refractivity contribution < 1.29 is 14.0 Å². The molecule has 0 bridgehead atoms. The first-order valence-electron chi connectivity index (χ1n) is 8.17. The van der Waals surface area contributed by atoms with Crippen LogP contribution in [0.1, 0.15) is 39.4 Å². The van der Waals surface area contributed by atoms with Gasteiger partial charge in [0.05, 0.1) is 19.4 Å². The highest BCUT2D eigenvalue weighted by molar-refractivity contribution is 5.81. The van der Waals surface area contributed by atoms with Gasteiger partial charge in [-0.15, -0.1) is 0 Å². The molecule has 1 saturated heterocycles. The van der Waals surface area contributed by atoms with Crippen molar-refractivity contribution >= 4 is 11.8 Å². The van der Waals surface area contributed by atoms with E-state index in [2.05, 4.69) is 15.5 Å². The lowest BCUT2D eigenvalue weighted by Crippen LogP contribution is -2.49. The molecule has 1 aromatic heterocycles. The molecule has 128 valence electrons. The van der Waals surface area contributed by atoms with Crippen LogP contribution in [0.25, 0.3) is 0 Å². The van der Waals surface area contributed by atoms with Crippen molar-refractivity contribution in [2.24, 2.45) is 5.41 Å². The number of nitrogens with zero attached hydrogens (tertiary/aromatic N) is 1. The van der Waals surface area contributed by atoms with Crippen LogP contribution in [0.3, 0.4) is 0 Å². The van der Waals surface area contributed by atoms with Crippen molar-refractivity contribution in [3.63, 3.8) is 0 Å². The summed E-state index contributed by atoms with van der Waals surface area (Å²) >= 11 is 0. The summed E-state index contributed by atoms with van der Waals surface area (Å²) in [5.41, 5.74) is -0.358. The maximum Gasteiger partial charge on any atom is 0.234 e. The van der Waals surface area contributed by atoms with E-state index in [1.807, 2.05) is 26.8 Å². The van der Waals surface area contributed by atoms with Crippen molar-refractivity contribution in [3.05, 3.63) is 24.2 Å². The van der Waals surface area contributed by atoms with E-state index in [0.29, 0.717) is 13.1 Å². The normalized spacial score (nSPS) is 17.0. The number of rotatable bonds is 5. The van der Waals surface area contributed by atoms with Crippen molar-refractivity contribution in [2.45, 2.75) is 46.2 Å². The molecule has 1 aliphatic rings. The second kappa shape index (κ2) is 7.64. The zero-order chi connectivity index (χ0) is 16.9. The largest absolute Gasteiger partial charge is 0.467 e. The van der Waals surface area contributed by atoms with Gasteiger partial charge in [-0.05, 0) is 25.0 Å². The average Bonchev–Trinajstić information content (AvgIpc) is 2.99. The number of hydrogen-bond acceptors (Lipinski definition) is 4. The monoisotopic (exact) mass is 321 g/mol. The highest BCUT2D eigenvalue weighted by Gasteiger charge is 2.26. The van der Waals surface area contributed by atoms with E-state index in [1.54, 1.807) is 12.3 Å². The number of likely N-dealkylation sites (tertiary alicyclic amines) is 1. The van der Waals surface area contributed by atoms with Crippen LogP contribution in [-0.4, -0.2) is 42.4 Å². The lowest BCUT2D eigenvalue weighted by atomic mass is 9.94. The third-order valence-electron chi connectivity index (χ3n) is 4.01. The minimum Gasteiger partial charge on any atom is -0.467 e. The van der Waals surface area contributed by atoms with Crippen molar-refractivity contribution in [1.82, 2.24) is 15.5 Å². The molecule has 2 amide bonds. The minimum absolute atomic E-state index is 0.00132. The molecule has 0 spiro atoms. The quantitative estimate of drug-likeness (QED) is 0.862. The summed E-state index contributed by atoms with van der Waals surface area (Å²) < 4.78 is 5.18. The van der Waals surface area contributed by atoms with Crippen LogP contribution in [0, 0.1) is 5.41 Å². The van der Waals surface area contributed by atoms with E-state index in [-0.39, 0.29) is 23.3 Å². The SMILES string of the molecule is CC(C)(C)C(=O)NC1CCN(CC(=O)NCc2ccco2)CC1. The molecule has 1 aromatic rings. The second-order valence-corrected chi connectivity index (χ2v) is 7.13. The number of carbonyl (C=O) groups is 2. The van der Waals surface area contributed by atoms with Gasteiger partial charge in [-0.25, -0.2) is 0 Å². The van der Waals surface area contributed by atoms with Crippen LogP contribution in [0.4, 0.5) is 0 Å². The molecule has 23 heavy (non-hydrogen) atoms. The Morgan fingerprint density at radius 3 is 2.57 bits per heavy atom. The molecule has 1 fully saturated rings. The summed E-state index contributed by atoms with van der Waals surface area (Å²) in [5.74, 6) is 0.840. The standard InChI is InChI=1S/C17H27N3O3/c1-17(2,3)16(22)19-13-6-8-20(9-7-13)12-15(21)18-11-14-5-4-10-23-14/h4-5,10,13H,6-9,11-12H2,1-3H3,(H,18,21)(H,19,22). The van der Waals surface area contributed by atoms with Crippen molar-refractivity contribution in [1.29, 1.82) is 0 Å².